The molecule has 0 spiro atoms. The van der Waals surface area contributed by atoms with Crippen molar-refractivity contribution in [2.24, 2.45) is 0 Å². The molecule has 2 rings (SSSR count). The first-order valence-corrected chi connectivity index (χ1v) is 3.51. The fraction of sp³-hybridized carbons (Fsp3) is 0.111. The fourth-order valence-corrected chi connectivity index (χ4v) is 1.29. The molecule has 2 heterocycles. The Kier molecular flexibility index (Phi) is 1.15. The molecule has 0 N–H and O–H groups in total. The van der Waals surface area contributed by atoms with Gasteiger partial charge in [0, 0.05) is 12.1 Å². The van der Waals surface area contributed by atoms with Gasteiger partial charge in [0.05, 0.1) is 0 Å². The van der Waals surface area contributed by atoms with E-state index in [0.29, 0.717) is 12.1 Å². The monoisotopic (exact) mass is 146 g/mol. The molecule has 0 bridgehead atoms. The molecule has 1 aliphatic heterocycles. The van der Waals surface area contributed by atoms with Gasteiger partial charge in [-0.05, 0) is 6.58 Å². The largest absolute Gasteiger partial charge is 0.287 e. The van der Waals surface area contributed by atoms with Gasteiger partial charge in [0.1, 0.15) is 6.42 Å². The van der Waals surface area contributed by atoms with Gasteiger partial charge in [-0.3, -0.25) is 4.79 Å². The molecule has 0 saturated carbocycles. The molecule has 0 radical (unpaired) electrons. The molecule has 11 heavy (non-hydrogen) atoms. The average Bonchev–Trinajstić information content (AvgIpc) is 2.30. The number of aromatic nitrogens is 1. The number of rotatable bonds is 0. The van der Waals surface area contributed by atoms with E-state index in [0.717, 1.165) is 5.69 Å². The number of Topliss-reactive ketones (excluding diaryl/α,β-unsaturated/α-hetero) is 1. The second-order valence-corrected chi connectivity index (χ2v) is 2.61. The van der Waals surface area contributed by atoms with Crippen LogP contribution in [0.1, 0.15) is 5.69 Å². The van der Waals surface area contributed by atoms with E-state index in [1.807, 2.05) is 29.0 Å². The normalized spacial score (nSPS) is 15.3. The van der Waals surface area contributed by atoms with E-state index in [2.05, 4.69) is 6.58 Å². The van der Waals surface area contributed by atoms with E-state index >= 15 is 0 Å². The minimum atomic E-state index is 0.121. The van der Waals surface area contributed by atoms with Gasteiger partial charge in [0.25, 0.3) is 0 Å². The maximum Gasteiger partial charge on any atom is 0.247 e. The van der Waals surface area contributed by atoms with Crippen LogP contribution in [0.2, 0.25) is 0 Å². The topological polar surface area (TPSA) is 20.9 Å². The van der Waals surface area contributed by atoms with Gasteiger partial charge in [-0.2, -0.15) is 4.57 Å². The van der Waals surface area contributed by atoms with E-state index in [1.54, 1.807) is 0 Å². The SMILES string of the molecule is C=C1C(=O)Cc2cccc[n+]21. The highest BCUT2D eigenvalue weighted by atomic mass is 16.1. The highest BCUT2D eigenvalue weighted by molar-refractivity contribution is 6.12. The van der Waals surface area contributed by atoms with Crippen molar-refractivity contribution < 1.29 is 9.36 Å². The maximum atomic E-state index is 11.1. The summed E-state index contributed by atoms with van der Waals surface area (Å²) in [6.07, 6.45) is 2.36. The van der Waals surface area contributed by atoms with Crippen LogP contribution in [0.4, 0.5) is 0 Å². The highest BCUT2D eigenvalue weighted by Gasteiger charge is 2.30. The quantitative estimate of drug-likeness (QED) is 0.387. The molecule has 0 aliphatic carbocycles. The molecule has 0 aromatic carbocycles. The molecule has 0 atom stereocenters. The number of hydrogen-bond donors (Lipinski definition) is 0. The number of fused-ring (bicyclic) bond motifs is 1. The Morgan fingerprint density at radius 3 is 3.00 bits per heavy atom. The molecule has 2 nitrogen and oxygen atoms in total. The van der Waals surface area contributed by atoms with Crippen LogP contribution >= 0.6 is 0 Å². The summed E-state index contributed by atoms with van der Waals surface area (Å²) in [5, 5.41) is 0. The van der Waals surface area contributed by atoms with Gasteiger partial charge in [0.2, 0.25) is 11.5 Å². The zero-order valence-corrected chi connectivity index (χ0v) is 6.08. The Morgan fingerprint density at radius 2 is 2.27 bits per heavy atom. The van der Waals surface area contributed by atoms with Crippen molar-refractivity contribution in [3.8, 4) is 0 Å². The molecule has 54 valence electrons. The minimum Gasteiger partial charge on any atom is -0.287 e. The summed E-state index contributed by atoms with van der Waals surface area (Å²) in [7, 11) is 0. The van der Waals surface area contributed by atoms with Crippen LogP contribution in [0.5, 0.6) is 0 Å². The Bertz CT molecular complexity index is 341. The van der Waals surface area contributed by atoms with Crippen molar-refractivity contribution in [2.45, 2.75) is 6.42 Å². The van der Waals surface area contributed by atoms with Crippen LogP contribution < -0.4 is 4.57 Å². The summed E-state index contributed by atoms with van der Waals surface area (Å²) in [6.45, 7) is 3.69. The number of allylic oxidation sites excluding steroid dienone is 1. The summed E-state index contributed by atoms with van der Waals surface area (Å²) in [4.78, 5) is 11.1. The average molecular weight is 146 g/mol. The molecule has 0 fully saturated rings. The fourth-order valence-electron chi connectivity index (χ4n) is 1.29. The van der Waals surface area contributed by atoms with Gasteiger partial charge in [-0.25, -0.2) is 0 Å². The van der Waals surface area contributed by atoms with E-state index in [9.17, 15) is 4.79 Å². The first-order valence-electron chi connectivity index (χ1n) is 3.51. The lowest BCUT2D eigenvalue weighted by Crippen LogP contribution is -2.31. The van der Waals surface area contributed by atoms with E-state index in [1.165, 1.54) is 0 Å². The molecule has 1 aromatic rings. The zero-order chi connectivity index (χ0) is 7.84. The standard InChI is InChI=1S/C9H8NO/c1-7-9(11)6-8-4-2-3-5-10(7)8/h2-5H,1,6H2/q+1. The third kappa shape index (κ3) is 0.792. The molecule has 2 heteroatoms. The lowest BCUT2D eigenvalue weighted by Gasteiger charge is -1.87. The van der Waals surface area contributed by atoms with Crippen molar-refractivity contribution in [3.63, 3.8) is 0 Å². The smallest absolute Gasteiger partial charge is 0.247 e. The van der Waals surface area contributed by atoms with E-state index in [4.69, 9.17) is 0 Å². The molecular formula is C9H8NO+. The Balaban J connectivity index is 2.64. The third-order valence-corrected chi connectivity index (χ3v) is 1.90. The first-order chi connectivity index (χ1) is 5.29. The summed E-state index contributed by atoms with van der Waals surface area (Å²) < 4.78 is 1.84. The molecule has 1 aromatic heterocycles. The Labute approximate surface area is 64.8 Å². The number of nitrogens with zero attached hydrogens (tertiary/aromatic N) is 1. The van der Waals surface area contributed by atoms with Gasteiger partial charge < -0.3 is 0 Å². The van der Waals surface area contributed by atoms with Gasteiger partial charge in [0.15, 0.2) is 11.9 Å². The number of hydrogen-bond acceptors (Lipinski definition) is 1. The van der Waals surface area contributed by atoms with E-state index in [-0.39, 0.29) is 5.78 Å². The maximum absolute atomic E-state index is 11.1. The van der Waals surface area contributed by atoms with Crippen molar-refractivity contribution in [2.75, 3.05) is 0 Å². The van der Waals surface area contributed by atoms with Crippen molar-refractivity contribution in [3.05, 3.63) is 36.7 Å². The molecule has 0 amide bonds. The van der Waals surface area contributed by atoms with Crippen LogP contribution in [-0.4, -0.2) is 5.78 Å². The van der Waals surface area contributed by atoms with Crippen molar-refractivity contribution >= 4 is 11.5 Å². The highest BCUT2D eigenvalue weighted by Crippen LogP contribution is 2.08. The molecule has 1 aliphatic rings. The minimum absolute atomic E-state index is 0.121. The first kappa shape index (κ1) is 6.28. The third-order valence-electron chi connectivity index (χ3n) is 1.90. The summed E-state index contributed by atoms with van der Waals surface area (Å²) in [6, 6.07) is 5.76. The predicted molar refractivity (Wildman–Crippen MR) is 40.7 cm³/mol. The lowest BCUT2D eigenvalue weighted by atomic mass is 10.2. The van der Waals surface area contributed by atoms with Crippen LogP contribution in [0.3, 0.4) is 0 Å². The number of ketones is 1. The Morgan fingerprint density at radius 1 is 1.45 bits per heavy atom. The summed E-state index contributed by atoms with van der Waals surface area (Å²) >= 11 is 0. The number of carbonyl (C=O) groups excluding carboxylic acids is 1. The summed E-state index contributed by atoms with van der Waals surface area (Å²) in [5.74, 6) is 0.121. The second kappa shape index (κ2) is 2.02. The van der Waals surface area contributed by atoms with Crippen LogP contribution in [0.25, 0.3) is 5.70 Å². The molecule has 0 saturated heterocycles. The molecular weight excluding hydrogens is 138 g/mol. The van der Waals surface area contributed by atoms with Gasteiger partial charge >= 0.3 is 0 Å². The van der Waals surface area contributed by atoms with Gasteiger partial charge in [-0.15, -0.1) is 0 Å². The zero-order valence-electron chi connectivity index (χ0n) is 6.08. The van der Waals surface area contributed by atoms with Crippen molar-refractivity contribution in [1.29, 1.82) is 0 Å². The number of carbonyl (C=O) groups is 1. The van der Waals surface area contributed by atoms with Crippen LogP contribution in [0, 0.1) is 0 Å². The second-order valence-electron chi connectivity index (χ2n) is 2.61. The van der Waals surface area contributed by atoms with Crippen LogP contribution in [-0.2, 0) is 11.2 Å². The molecule has 0 unspecified atom stereocenters. The predicted octanol–water partition coefficient (Wildman–Crippen LogP) is 0.570. The Hall–Kier alpha value is -1.44. The van der Waals surface area contributed by atoms with Crippen molar-refractivity contribution in [1.82, 2.24) is 0 Å². The van der Waals surface area contributed by atoms with Gasteiger partial charge in [-0.1, -0.05) is 6.07 Å². The lowest BCUT2D eigenvalue weighted by molar-refractivity contribution is -0.578. The van der Waals surface area contributed by atoms with Crippen LogP contribution in [0.15, 0.2) is 31.0 Å². The van der Waals surface area contributed by atoms with E-state index < -0.39 is 0 Å². The number of pyridine rings is 1. The summed E-state index contributed by atoms with van der Waals surface area (Å²) in [5.41, 5.74) is 1.61.